The molecule has 0 aliphatic rings. The van der Waals surface area contributed by atoms with E-state index in [2.05, 4.69) is 26.2 Å². The first-order chi connectivity index (χ1) is 7.00. The van der Waals surface area contributed by atoms with Crippen LogP contribution >= 0.6 is 15.9 Å². The fourth-order valence-electron chi connectivity index (χ4n) is 0.948. The molecule has 1 aromatic heterocycles. The number of nitrogens with zero attached hydrogens (tertiary/aromatic N) is 2. The van der Waals surface area contributed by atoms with Crippen molar-refractivity contribution in [2.75, 3.05) is 11.9 Å². The topological polar surface area (TPSA) is 88.3 Å². The molecule has 0 aromatic carbocycles. The summed E-state index contributed by atoms with van der Waals surface area (Å²) in [7, 11) is 0. The van der Waals surface area contributed by atoms with Gasteiger partial charge in [-0.2, -0.15) is 0 Å². The maximum Gasteiger partial charge on any atom is 0.312 e. The van der Waals surface area contributed by atoms with Crippen LogP contribution in [0.2, 0.25) is 0 Å². The van der Waals surface area contributed by atoms with E-state index in [1.54, 1.807) is 6.92 Å². The summed E-state index contributed by atoms with van der Waals surface area (Å²) in [4.78, 5) is 14.0. The molecule has 2 N–H and O–H groups in total. The molecule has 1 heterocycles. The van der Waals surface area contributed by atoms with Crippen LogP contribution in [-0.4, -0.2) is 27.7 Å². The zero-order valence-corrected chi connectivity index (χ0v) is 9.56. The predicted molar refractivity (Wildman–Crippen MR) is 58.8 cm³/mol. The minimum atomic E-state index is -0.588. The van der Waals surface area contributed by atoms with Crippen molar-refractivity contribution >= 4 is 27.4 Å². The lowest BCUT2D eigenvalue weighted by Crippen LogP contribution is -2.16. The zero-order valence-electron chi connectivity index (χ0n) is 7.98. The molecule has 82 valence electrons. The maximum absolute atomic E-state index is 10.7. The number of rotatable bonds is 4. The second-order valence-corrected chi connectivity index (χ2v) is 3.92. The summed E-state index contributed by atoms with van der Waals surface area (Å²) in [6.45, 7) is 1.80. The van der Waals surface area contributed by atoms with Crippen LogP contribution in [0.4, 0.5) is 11.5 Å². The van der Waals surface area contributed by atoms with Gasteiger partial charge in [-0.15, -0.1) is 0 Å². The monoisotopic (exact) mass is 275 g/mol. The Morgan fingerprint density at radius 3 is 3.00 bits per heavy atom. The molecular formula is C8H10BrN3O3. The molecule has 1 atom stereocenters. The fourth-order valence-corrected chi connectivity index (χ4v) is 1.27. The van der Waals surface area contributed by atoms with Crippen molar-refractivity contribution in [3.05, 3.63) is 26.9 Å². The second kappa shape index (κ2) is 5.04. The average Bonchev–Trinajstić information content (AvgIpc) is 2.15. The largest absolute Gasteiger partial charge is 0.392 e. The van der Waals surface area contributed by atoms with E-state index in [-0.39, 0.29) is 18.1 Å². The molecule has 1 aromatic rings. The molecule has 6 nitrogen and oxygen atoms in total. The van der Waals surface area contributed by atoms with Crippen molar-refractivity contribution in [2.45, 2.75) is 13.0 Å². The summed E-state index contributed by atoms with van der Waals surface area (Å²) >= 11 is 3.10. The van der Waals surface area contributed by atoms with Gasteiger partial charge in [0.05, 0.1) is 11.0 Å². The van der Waals surface area contributed by atoms with Crippen LogP contribution in [0.1, 0.15) is 6.92 Å². The van der Waals surface area contributed by atoms with Gasteiger partial charge in [-0.25, -0.2) is 4.98 Å². The fraction of sp³-hybridized carbons (Fsp3) is 0.375. The summed E-state index contributed by atoms with van der Waals surface area (Å²) in [5.74, 6) is 0.157. The number of halogens is 1. The molecule has 15 heavy (non-hydrogen) atoms. The molecule has 0 spiro atoms. The first-order valence-corrected chi connectivity index (χ1v) is 5.02. The van der Waals surface area contributed by atoms with Gasteiger partial charge in [-0.1, -0.05) is 0 Å². The van der Waals surface area contributed by atoms with E-state index in [1.165, 1.54) is 12.3 Å². The molecule has 0 radical (unpaired) electrons. The molecule has 0 fully saturated rings. The highest BCUT2D eigenvalue weighted by Crippen LogP contribution is 2.24. The van der Waals surface area contributed by atoms with Gasteiger partial charge in [0, 0.05) is 23.3 Å². The third kappa shape index (κ3) is 3.45. The molecule has 0 saturated heterocycles. The molecule has 0 bridgehead atoms. The molecule has 0 saturated carbocycles. The van der Waals surface area contributed by atoms with E-state index < -0.39 is 11.0 Å². The number of nitrogens with one attached hydrogen (secondary N) is 1. The average molecular weight is 276 g/mol. The van der Waals surface area contributed by atoms with Crippen LogP contribution in [0, 0.1) is 10.1 Å². The summed E-state index contributed by atoms with van der Waals surface area (Å²) in [6.07, 6.45) is 0.868. The summed E-state index contributed by atoms with van der Waals surface area (Å²) in [5, 5.41) is 22.4. The Balaban J connectivity index is 2.91. The molecule has 1 unspecified atom stereocenters. The molecule has 0 aliphatic heterocycles. The lowest BCUT2D eigenvalue weighted by molar-refractivity contribution is -0.384. The van der Waals surface area contributed by atoms with Crippen molar-refractivity contribution in [3.8, 4) is 0 Å². The van der Waals surface area contributed by atoms with Gasteiger partial charge < -0.3 is 10.4 Å². The van der Waals surface area contributed by atoms with Gasteiger partial charge in [0.2, 0.25) is 5.82 Å². The first kappa shape index (κ1) is 11.9. The molecule has 1 rings (SSSR count). The van der Waals surface area contributed by atoms with Crippen molar-refractivity contribution in [1.82, 2.24) is 4.98 Å². The highest BCUT2D eigenvalue weighted by Gasteiger charge is 2.15. The minimum Gasteiger partial charge on any atom is -0.392 e. The van der Waals surface area contributed by atoms with Crippen LogP contribution in [0.3, 0.4) is 0 Å². The number of nitro groups is 1. The lowest BCUT2D eigenvalue weighted by atomic mass is 10.3. The Hall–Kier alpha value is -1.21. The normalized spacial score (nSPS) is 12.2. The number of aromatic nitrogens is 1. The Morgan fingerprint density at radius 2 is 2.47 bits per heavy atom. The standard InChI is InChI=1S/C8H10BrN3O3/c1-5(13)3-10-8-7(12(14)15)2-6(9)4-11-8/h2,4-5,13H,3H2,1H3,(H,10,11). The summed E-state index contributed by atoms with van der Waals surface area (Å²) in [5.41, 5.74) is -0.120. The molecule has 0 aliphatic carbocycles. The molecular weight excluding hydrogens is 266 g/mol. The van der Waals surface area contributed by atoms with Gasteiger partial charge in [0.15, 0.2) is 0 Å². The van der Waals surface area contributed by atoms with Gasteiger partial charge in [0.1, 0.15) is 0 Å². The van der Waals surface area contributed by atoms with Crippen LogP contribution in [-0.2, 0) is 0 Å². The smallest absolute Gasteiger partial charge is 0.312 e. The van der Waals surface area contributed by atoms with Crippen LogP contribution in [0.5, 0.6) is 0 Å². The highest BCUT2D eigenvalue weighted by atomic mass is 79.9. The van der Waals surface area contributed by atoms with Crippen LogP contribution in [0.15, 0.2) is 16.7 Å². The maximum atomic E-state index is 10.7. The Labute approximate surface area is 94.6 Å². The second-order valence-electron chi connectivity index (χ2n) is 3.01. The van der Waals surface area contributed by atoms with E-state index in [0.717, 1.165) is 0 Å². The van der Waals surface area contributed by atoms with Gasteiger partial charge in [-0.05, 0) is 22.9 Å². The predicted octanol–water partition coefficient (Wildman–Crippen LogP) is 1.54. The quantitative estimate of drug-likeness (QED) is 0.643. The Morgan fingerprint density at radius 1 is 1.80 bits per heavy atom. The van der Waals surface area contributed by atoms with Crippen LogP contribution < -0.4 is 5.32 Å². The van der Waals surface area contributed by atoms with E-state index in [0.29, 0.717) is 4.47 Å². The number of aliphatic hydroxyl groups is 1. The summed E-state index contributed by atoms with van der Waals surface area (Å²) in [6, 6.07) is 1.36. The number of hydrogen-bond acceptors (Lipinski definition) is 5. The number of anilines is 1. The van der Waals surface area contributed by atoms with E-state index in [9.17, 15) is 10.1 Å². The van der Waals surface area contributed by atoms with E-state index >= 15 is 0 Å². The van der Waals surface area contributed by atoms with E-state index in [4.69, 9.17) is 5.11 Å². The van der Waals surface area contributed by atoms with Gasteiger partial charge >= 0.3 is 5.69 Å². The lowest BCUT2D eigenvalue weighted by Gasteiger charge is -2.07. The van der Waals surface area contributed by atoms with Crippen molar-refractivity contribution in [3.63, 3.8) is 0 Å². The van der Waals surface area contributed by atoms with Crippen LogP contribution in [0.25, 0.3) is 0 Å². The summed E-state index contributed by atoms with van der Waals surface area (Å²) < 4.78 is 0.539. The molecule has 7 heteroatoms. The van der Waals surface area contributed by atoms with Gasteiger partial charge in [0.25, 0.3) is 0 Å². The Bertz CT molecular complexity index is 370. The Kier molecular flexibility index (Phi) is 3.98. The van der Waals surface area contributed by atoms with Crippen molar-refractivity contribution < 1.29 is 10.0 Å². The van der Waals surface area contributed by atoms with E-state index in [1.807, 2.05) is 0 Å². The van der Waals surface area contributed by atoms with Crippen molar-refractivity contribution in [2.24, 2.45) is 0 Å². The minimum absolute atomic E-state index is 0.120. The number of hydrogen-bond donors (Lipinski definition) is 2. The SMILES string of the molecule is CC(O)CNc1ncc(Br)cc1[N+](=O)[O-]. The number of pyridine rings is 1. The first-order valence-electron chi connectivity index (χ1n) is 4.22. The molecule has 0 amide bonds. The zero-order chi connectivity index (χ0) is 11.4. The third-order valence-electron chi connectivity index (χ3n) is 1.60. The van der Waals surface area contributed by atoms with Gasteiger partial charge in [-0.3, -0.25) is 10.1 Å². The third-order valence-corrected chi connectivity index (χ3v) is 2.03. The highest BCUT2D eigenvalue weighted by molar-refractivity contribution is 9.10. The number of aliphatic hydroxyl groups excluding tert-OH is 1. The van der Waals surface area contributed by atoms with Crippen molar-refractivity contribution in [1.29, 1.82) is 0 Å².